The standard InChI is InChI=1S/C18H12BrClFNO2S2/c1-9(23)14-17(24)15-13(20)7-6-12(19)16(15)22-18(14)25-8-10-2-4-11(26-21)5-3-10/h2-7H,8H2,1H3,(H,22,24). The summed E-state index contributed by atoms with van der Waals surface area (Å²) in [5.74, 6) is 0.202. The van der Waals surface area contributed by atoms with Crippen LogP contribution in [-0.2, 0) is 5.75 Å². The molecule has 0 amide bonds. The lowest BCUT2D eigenvalue weighted by Gasteiger charge is -2.11. The number of carbonyl (C=O) groups excluding carboxylic acids is 1. The van der Waals surface area contributed by atoms with E-state index in [1.54, 1.807) is 24.3 Å². The van der Waals surface area contributed by atoms with Crippen LogP contribution in [0.15, 0.2) is 55.6 Å². The molecule has 26 heavy (non-hydrogen) atoms. The van der Waals surface area contributed by atoms with E-state index in [4.69, 9.17) is 11.6 Å². The van der Waals surface area contributed by atoms with Crippen molar-refractivity contribution < 1.29 is 8.68 Å². The molecule has 0 saturated heterocycles. The number of H-pyrrole nitrogens is 1. The highest BCUT2D eigenvalue weighted by Crippen LogP contribution is 2.31. The first kappa shape index (κ1) is 19.5. The molecule has 0 aliphatic carbocycles. The van der Waals surface area contributed by atoms with Crippen LogP contribution in [0.4, 0.5) is 3.89 Å². The molecule has 3 aromatic rings. The second kappa shape index (κ2) is 8.17. The zero-order valence-electron chi connectivity index (χ0n) is 13.4. The van der Waals surface area contributed by atoms with E-state index in [1.165, 1.54) is 18.7 Å². The fourth-order valence-electron chi connectivity index (χ4n) is 2.52. The lowest BCUT2D eigenvalue weighted by atomic mass is 10.1. The Morgan fingerprint density at radius 1 is 1.23 bits per heavy atom. The van der Waals surface area contributed by atoms with Gasteiger partial charge in [-0.25, -0.2) is 0 Å². The third-order valence-electron chi connectivity index (χ3n) is 3.77. The summed E-state index contributed by atoms with van der Waals surface area (Å²) >= 11 is 11.1. The number of Topliss-reactive ketones (excluding diaryl/α,β-unsaturated/α-hetero) is 1. The van der Waals surface area contributed by atoms with Gasteiger partial charge in [-0.2, -0.15) is 3.89 Å². The van der Waals surface area contributed by atoms with Gasteiger partial charge in [-0.05, 0) is 52.7 Å². The van der Waals surface area contributed by atoms with E-state index in [1.807, 2.05) is 12.1 Å². The van der Waals surface area contributed by atoms with E-state index in [9.17, 15) is 13.5 Å². The lowest BCUT2D eigenvalue weighted by molar-refractivity contribution is 0.101. The maximum Gasteiger partial charge on any atom is 0.202 e. The molecule has 2 aromatic carbocycles. The van der Waals surface area contributed by atoms with Crippen molar-refractivity contribution >= 4 is 68.1 Å². The number of nitrogens with one attached hydrogen (secondary N) is 1. The topological polar surface area (TPSA) is 49.9 Å². The van der Waals surface area contributed by atoms with E-state index < -0.39 is 0 Å². The van der Waals surface area contributed by atoms with Gasteiger partial charge in [-0.1, -0.05) is 23.7 Å². The van der Waals surface area contributed by atoms with Crippen molar-refractivity contribution in [1.82, 2.24) is 4.98 Å². The van der Waals surface area contributed by atoms with Gasteiger partial charge in [0, 0.05) is 15.1 Å². The average molecular weight is 473 g/mol. The summed E-state index contributed by atoms with van der Waals surface area (Å²) in [6.45, 7) is 1.36. The molecule has 8 heteroatoms. The van der Waals surface area contributed by atoms with Gasteiger partial charge in [0.1, 0.15) is 0 Å². The van der Waals surface area contributed by atoms with E-state index in [2.05, 4.69) is 20.9 Å². The number of pyridine rings is 1. The first-order valence-corrected chi connectivity index (χ1v) is 10.3. The minimum absolute atomic E-state index is 0.0958. The Labute approximate surface area is 171 Å². The summed E-state index contributed by atoms with van der Waals surface area (Å²) in [5.41, 5.74) is 1.22. The Morgan fingerprint density at radius 3 is 2.54 bits per heavy atom. The van der Waals surface area contributed by atoms with Crippen LogP contribution in [0, 0.1) is 0 Å². The summed E-state index contributed by atoms with van der Waals surface area (Å²) in [7, 11) is 0. The molecule has 134 valence electrons. The molecule has 0 aliphatic rings. The lowest BCUT2D eigenvalue weighted by Crippen LogP contribution is -2.17. The fourth-order valence-corrected chi connectivity index (χ4v) is 4.49. The molecule has 1 N–H and O–H groups in total. The van der Waals surface area contributed by atoms with Gasteiger partial charge in [0.05, 0.1) is 38.7 Å². The van der Waals surface area contributed by atoms with Crippen molar-refractivity contribution in [2.45, 2.75) is 22.6 Å². The summed E-state index contributed by atoms with van der Waals surface area (Å²) in [6, 6.07) is 10.4. The Hall–Kier alpha value is -1.28. The summed E-state index contributed by atoms with van der Waals surface area (Å²) < 4.78 is 13.2. The van der Waals surface area contributed by atoms with Gasteiger partial charge in [0.25, 0.3) is 0 Å². The minimum atomic E-state index is -0.385. The number of fused-ring (bicyclic) bond motifs is 1. The van der Waals surface area contributed by atoms with Crippen molar-refractivity contribution in [3.05, 3.63) is 67.2 Å². The quantitative estimate of drug-likeness (QED) is 0.344. The Balaban J connectivity index is 2.06. The normalized spacial score (nSPS) is 11.1. The second-order valence-electron chi connectivity index (χ2n) is 5.50. The molecule has 0 bridgehead atoms. The summed E-state index contributed by atoms with van der Waals surface area (Å²) in [5, 5.41) is 1.07. The van der Waals surface area contributed by atoms with Crippen LogP contribution in [0.5, 0.6) is 0 Å². The van der Waals surface area contributed by atoms with E-state index >= 15 is 0 Å². The molecule has 0 fully saturated rings. The zero-order valence-corrected chi connectivity index (χ0v) is 17.4. The number of carbonyl (C=O) groups is 1. The van der Waals surface area contributed by atoms with Crippen LogP contribution < -0.4 is 5.43 Å². The van der Waals surface area contributed by atoms with Gasteiger partial charge in [-0.3, -0.25) is 9.59 Å². The van der Waals surface area contributed by atoms with Crippen LogP contribution in [-0.4, -0.2) is 10.8 Å². The highest BCUT2D eigenvalue weighted by atomic mass is 79.9. The number of benzene rings is 2. The molecule has 0 radical (unpaired) electrons. The van der Waals surface area contributed by atoms with Gasteiger partial charge in [-0.15, -0.1) is 11.8 Å². The third-order valence-corrected chi connectivity index (χ3v) is 6.27. The van der Waals surface area contributed by atoms with Gasteiger partial charge in [0.15, 0.2) is 5.78 Å². The first-order chi connectivity index (χ1) is 12.4. The van der Waals surface area contributed by atoms with E-state index in [-0.39, 0.29) is 28.9 Å². The Morgan fingerprint density at radius 2 is 1.92 bits per heavy atom. The molecular formula is C18H12BrClFNO2S2. The van der Waals surface area contributed by atoms with Crippen LogP contribution in [0.3, 0.4) is 0 Å². The number of aromatic amines is 1. The van der Waals surface area contributed by atoms with Gasteiger partial charge < -0.3 is 4.98 Å². The zero-order chi connectivity index (χ0) is 18.8. The van der Waals surface area contributed by atoms with Crippen LogP contribution in [0.25, 0.3) is 10.9 Å². The number of halogens is 3. The van der Waals surface area contributed by atoms with Gasteiger partial charge >= 0.3 is 0 Å². The molecule has 3 rings (SSSR count). The largest absolute Gasteiger partial charge is 0.348 e. The SMILES string of the molecule is CC(=O)c1c(SCc2ccc(SF)cc2)[nH]c2c(Br)ccc(Cl)c2c1=O. The molecule has 3 nitrogen and oxygen atoms in total. The number of thioether (sulfide) groups is 1. The monoisotopic (exact) mass is 471 g/mol. The fraction of sp³-hybridized carbons (Fsp3) is 0.111. The average Bonchev–Trinajstić information content (AvgIpc) is 2.62. The number of ketones is 1. The van der Waals surface area contributed by atoms with Crippen LogP contribution >= 0.6 is 51.4 Å². The molecule has 0 atom stereocenters. The minimum Gasteiger partial charge on any atom is -0.348 e. The van der Waals surface area contributed by atoms with Crippen molar-refractivity contribution in [2.75, 3.05) is 0 Å². The first-order valence-electron chi connectivity index (χ1n) is 7.47. The van der Waals surface area contributed by atoms with Crippen molar-refractivity contribution in [1.29, 1.82) is 0 Å². The van der Waals surface area contributed by atoms with Gasteiger partial charge in [0.2, 0.25) is 5.43 Å². The van der Waals surface area contributed by atoms with Crippen molar-refractivity contribution in [3.63, 3.8) is 0 Å². The number of hydrogen-bond donors (Lipinski definition) is 1. The number of aromatic nitrogens is 1. The molecular weight excluding hydrogens is 461 g/mol. The molecule has 0 aliphatic heterocycles. The molecule has 1 aromatic heterocycles. The maximum absolute atomic E-state index is 12.9. The van der Waals surface area contributed by atoms with Crippen molar-refractivity contribution in [2.24, 2.45) is 0 Å². The van der Waals surface area contributed by atoms with Crippen molar-refractivity contribution in [3.8, 4) is 0 Å². The summed E-state index contributed by atoms with van der Waals surface area (Å²) in [4.78, 5) is 28.6. The molecule has 0 unspecified atom stereocenters. The third kappa shape index (κ3) is 3.86. The van der Waals surface area contributed by atoms with Crippen LogP contribution in [0.1, 0.15) is 22.8 Å². The highest BCUT2D eigenvalue weighted by molar-refractivity contribution is 9.10. The van der Waals surface area contributed by atoms with E-state index in [0.29, 0.717) is 36.1 Å². The molecule has 1 heterocycles. The second-order valence-corrected chi connectivity index (χ2v) is 8.38. The maximum atomic E-state index is 12.9. The summed E-state index contributed by atoms with van der Waals surface area (Å²) in [6.07, 6.45) is 0. The van der Waals surface area contributed by atoms with E-state index in [0.717, 1.165) is 5.56 Å². The van der Waals surface area contributed by atoms with Crippen LogP contribution in [0.2, 0.25) is 5.02 Å². The highest BCUT2D eigenvalue weighted by Gasteiger charge is 2.19. The molecule has 0 spiro atoms. The number of rotatable bonds is 5. The smallest absolute Gasteiger partial charge is 0.202 e. The Kier molecular flexibility index (Phi) is 6.12. The predicted molar refractivity (Wildman–Crippen MR) is 110 cm³/mol. The molecule has 0 saturated carbocycles. The predicted octanol–water partition coefficient (Wildman–Crippen LogP) is 6.42. The number of hydrogen-bond acceptors (Lipinski definition) is 4. The Bertz CT molecular complexity index is 1050.